The predicted octanol–water partition coefficient (Wildman–Crippen LogP) is 5.94. The maximum atomic E-state index is 13.1. The van der Waals surface area contributed by atoms with Crippen LogP contribution >= 0.6 is 0 Å². The number of hydrogen-bond donors (Lipinski definition) is 1. The van der Waals surface area contributed by atoms with E-state index < -0.39 is 12.1 Å². The lowest BCUT2D eigenvalue weighted by Gasteiger charge is -2.35. The zero-order chi connectivity index (χ0) is 27.7. The molecule has 1 heterocycles. The highest BCUT2D eigenvalue weighted by Crippen LogP contribution is 2.58. The van der Waals surface area contributed by atoms with Crippen LogP contribution in [0.15, 0.2) is 48.5 Å². The Morgan fingerprint density at radius 1 is 0.949 bits per heavy atom. The molecule has 3 aromatic carbocycles. The molecule has 0 saturated carbocycles. The molecule has 1 aliphatic heterocycles. The first-order valence-corrected chi connectivity index (χ1v) is 12.8. The molecule has 8 nitrogen and oxygen atoms in total. The summed E-state index contributed by atoms with van der Waals surface area (Å²) in [5.41, 5.74) is 3.72. The fourth-order valence-corrected chi connectivity index (χ4v) is 5.39. The highest BCUT2D eigenvalue weighted by atomic mass is 16.7. The van der Waals surface area contributed by atoms with Crippen LogP contribution in [0.5, 0.6) is 34.5 Å². The van der Waals surface area contributed by atoms with E-state index in [9.17, 15) is 9.90 Å². The normalized spacial score (nSPS) is 19.5. The summed E-state index contributed by atoms with van der Waals surface area (Å²) in [6.45, 7) is 4.23. The first kappa shape index (κ1) is 26.3. The molecule has 1 N–H and O–H groups in total. The molecular formula is C31H32O8. The maximum Gasteiger partial charge on any atom is 0.331 e. The van der Waals surface area contributed by atoms with Crippen LogP contribution in [-0.4, -0.2) is 39.2 Å². The zero-order valence-corrected chi connectivity index (χ0v) is 22.6. The van der Waals surface area contributed by atoms with Gasteiger partial charge in [0.05, 0.1) is 21.3 Å². The summed E-state index contributed by atoms with van der Waals surface area (Å²) < 4.78 is 34.9. The molecule has 0 spiro atoms. The van der Waals surface area contributed by atoms with Crippen molar-refractivity contribution in [3.8, 4) is 45.6 Å². The Kier molecular flexibility index (Phi) is 7.28. The van der Waals surface area contributed by atoms with E-state index in [0.717, 1.165) is 11.1 Å². The first-order valence-electron chi connectivity index (χ1n) is 12.8. The molecule has 2 aliphatic rings. The van der Waals surface area contributed by atoms with Crippen LogP contribution in [0, 0.1) is 11.8 Å². The van der Waals surface area contributed by atoms with Gasteiger partial charge in [-0.15, -0.1) is 0 Å². The van der Waals surface area contributed by atoms with Crippen LogP contribution in [0.1, 0.15) is 36.6 Å². The monoisotopic (exact) mass is 532 g/mol. The number of fused-ring (bicyclic) bond motifs is 4. The Labute approximate surface area is 227 Å². The van der Waals surface area contributed by atoms with Gasteiger partial charge in [-0.2, -0.15) is 0 Å². The summed E-state index contributed by atoms with van der Waals surface area (Å²) in [5, 5.41) is 11.0. The largest absolute Gasteiger partial charge is 0.504 e. The molecule has 204 valence electrons. The van der Waals surface area contributed by atoms with Gasteiger partial charge in [0.2, 0.25) is 18.3 Å². The van der Waals surface area contributed by atoms with E-state index in [0.29, 0.717) is 46.1 Å². The summed E-state index contributed by atoms with van der Waals surface area (Å²) in [5.74, 6) is 1.35. The van der Waals surface area contributed by atoms with E-state index in [1.807, 2.05) is 43.3 Å². The third kappa shape index (κ3) is 4.71. The smallest absolute Gasteiger partial charge is 0.331 e. The van der Waals surface area contributed by atoms with E-state index in [1.54, 1.807) is 19.3 Å². The standard InChI is InChI=1S/C31H32O8/c1-17-13-20-14-23-29(38-16-37-23)30(35-4)25(20)26-21(15-22(32)28(34-3)31(26)36-5)27(18(17)2)39-24(33)12-11-19-9-7-6-8-10-19/h6-12,14-15,17-18,27,32H,13,16H2,1-5H3/b12-11+/t17-,18+,27-/m1/s1. The molecule has 0 unspecified atom stereocenters. The van der Waals surface area contributed by atoms with Gasteiger partial charge in [-0.3, -0.25) is 0 Å². The van der Waals surface area contributed by atoms with Crippen LogP contribution in [0.4, 0.5) is 0 Å². The first-order chi connectivity index (χ1) is 18.9. The Balaban J connectivity index is 1.72. The average molecular weight is 533 g/mol. The number of esters is 1. The summed E-state index contributed by atoms with van der Waals surface area (Å²) in [6, 6.07) is 13.1. The number of benzene rings is 3. The molecule has 8 heteroatoms. The van der Waals surface area contributed by atoms with Gasteiger partial charge in [0.1, 0.15) is 6.10 Å². The fraction of sp³-hybridized carbons (Fsp3) is 0.323. The number of aromatic hydroxyl groups is 1. The number of phenols is 1. The highest BCUT2D eigenvalue weighted by molar-refractivity contribution is 5.90. The van der Waals surface area contributed by atoms with Crippen LogP contribution in [0.2, 0.25) is 0 Å². The van der Waals surface area contributed by atoms with Gasteiger partial charge in [-0.1, -0.05) is 44.2 Å². The molecule has 3 aromatic rings. The minimum atomic E-state index is -0.711. The molecule has 3 atom stereocenters. The number of methoxy groups -OCH3 is 3. The number of rotatable bonds is 6. The Bertz CT molecular complexity index is 1410. The fourth-order valence-electron chi connectivity index (χ4n) is 5.39. The molecule has 0 bridgehead atoms. The predicted molar refractivity (Wildman–Crippen MR) is 146 cm³/mol. The second kappa shape index (κ2) is 10.8. The molecule has 0 amide bonds. The van der Waals surface area contributed by atoms with Crippen molar-refractivity contribution in [1.29, 1.82) is 0 Å². The SMILES string of the molecule is COc1c(O)cc2c(c1OC)-c1c(cc3c(c1OC)OCO3)C[C@@H](C)[C@H](C)[C@H]2OC(=O)/C=C/c1ccccc1. The van der Waals surface area contributed by atoms with Gasteiger partial charge in [-0.05, 0) is 41.7 Å². The van der Waals surface area contributed by atoms with Crippen molar-refractivity contribution in [3.05, 3.63) is 65.2 Å². The molecule has 0 fully saturated rings. The van der Waals surface area contributed by atoms with Gasteiger partial charge in [0.25, 0.3) is 0 Å². The minimum absolute atomic E-state index is 0.0770. The maximum absolute atomic E-state index is 13.1. The van der Waals surface area contributed by atoms with Crippen molar-refractivity contribution in [2.45, 2.75) is 26.4 Å². The van der Waals surface area contributed by atoms with Gasteiger partial charge in [0, 0.05) is 28.7 Å². The lowest BCUT2D eigenvalue weighted by Crippen LogP contribution is -2.26. The topological polar surface area (TPSA) is 92.7 Å². The van der Waals surface area contributed by atoms with Gasteiger partial charge in [-0.25, -0.2) is 4.79 Å². The Morgan fingerprint density at radius 3 is 2.36 bits per heavy atom. The number of carbonyl (C=O) groups is 1. The lowest BCUT2D eigenvalue weighted by molar-refractivity contribution is -0.146. The van der Waals surface area contributed by atoms with Crippen molar-refractivity contribution in [1.82, 2.24) is 0 Å². The van der Waals surface area contributed by atoms with E-state index >= 15 is 0 Å². The van der Waals surface area contributed by atoms with Crippen LogP contribution in [0.3, 0.4) is 0 Å². The van der Waals surface area contributed by atoms with Crippen molar-refractivity contribution >= 4 is 12.0 Å². The minimum Gasteiger partial charge on any atom is -0.504 e. The quantitative estimate of drug-likeness (QED) is 0.308. The second-order valence-corrected chi connectivity index (χ2v) is 9.75. The van der Waals surface area contributed by atoms with Crippen molar-refractivity contribution in [2.24, 2.45) is 11.8 Å². The third-order valence-corrected chi connectivity index (χ3v) is 7.49. The summed E-state index contributed by atoms with van der Waals surface area (Å²) in [6.07, 6.45) is 3.06. The molecule has 5 rings (SSSR count). The van der Waals surface area contributed by atoms with Gasteiger partial charge in [0.15, 0.2) is 23.0 Å². The van der Waals surface area contributed by atoms with Crippen LogP contribution in [0.25, 0.3) is 17.2 Å². The van der Waals surface area contributed by atoms with Crippen LogP contribution in [-0.2, 0) is 16.0 Å². The van der Waals surface area contributed by atoms with E-state index in [-0.39, 0.29) is 30.1 Å². The summed E-state index contributed by atoms with van der Waals surface area (Å²) in [7, 11) is 4.53. The third-order valence-electron chi connectivity index (χ3n) is 7.49. The number of ether oxygens (including phenoxy) is 6. The van der Waals surface area contributed by atoms with Crippen molar-refractivity contribution in [3.63, 3.8) is 0 Å². The van der Waals surface area contributed by atoms with E-state index in [4.69, 9.17) is 28.4 Å². The Hall–Kier alpha value is -4.33. The number of hydrogen-bond acceptors (Lipinski definition) is 8. The van der Waals surface area contributed by atoms with Crippen LogP contribution < -0.4 is 23.7 Å². The van der Waals surface area contributed by atoms with Crippen molar-refractivity contribution < 1.29 is 38.3 Å². The molecule has 0 aromatic heterocycles. The van der Waals surface area contributed by atoms with Gasteiger partial charge < -0.3 is 33.5 Å². The lowest BCUT2D eigenvalue weighted by atomic mass is 9.76. The average Bonchev–Trinajstić information content (AvgIpc) is 3.41. The Morgan fingerprint density at radius 2 is 1.67 bits per heavy atom. The summed E-state index contributed by atoms with van der Waals surface area (Å²) >= 11 is 0. The molecular weight excluding hydrogens is 500 g/mol. The molecule has 0 saturated heterocycles. The van der Waals surface area contributed by atoms with Gasteiger partial charge >= 0.3 is 5.97 Å². The molecule has 1 aliphatic carbocycles. The molecule has 39 heavy (non-hydrogen) atoms. The number of carbonyl (C=O) groups excluding carboxylic acids is 1. The van der Waals surface area contributed by atoms with E-state index in [2.05, 4.69) is 6.92 Å². The van der Waals surface area contributed by atoms with Crippen molar-refractivity contribution in [2.75, 3.05) is 28.1 Å². The number of phenolic OH excluding ortho intramolecular Hbond substituents is 1. The summed E-state index contributed by atoms with van der Waals surface area (Å²) in [4.78, 5) is 13.1. The molecule has 0 radical (unpaired) electrons. The zero-order valence-electron chi connectivity index (χ0n) is 22.6. The second-order valence-electron chi connectivity index (χ2n) is 9.75. The van der Waals surface area contributed by atoms with E-state index in [1.165, 1.54) is 20.3 Å². The highest BCUT2D eigenvalue weighted by Gasteiger charge is 2.39.